The molecule has 0 bridgehead atoms. The van der Waals surface area contributed by atoms with Crippen LogP contribution >= 0.6 is 0 Å². The summed E-state index contributed by atoms with van der Waals surface area (Å²) in [6, 6.07) is 11.5. The Labute approximate surface area is 125 Å². The molecule has 0 radical (unpaired) electrons. The fraction of sp³-hybridized carbons (Fsp3) is 0.294. The van der Waals surface area contributed by atoms with E-state index in [9.17, 15) is 4.79 Å². The number of anilines is 1. The Bertz CT molecular complexity index is 593. The molecule has 0 saturated carbocycles. The zero-order chi connectivity index (χ0) is 15.1. The van der Waals surface area contributed by atoms with Crippen molar-refractivity contribution in [2.24, 2.45) is 0 Å². The number of hydrogen-bond acceptors (Lipinski definition) is 3. The second kappa shape index (κ2) is 7.55. The normalized spacial score (nSPS) is 10.4. The standard InChI is InChI=1S/C17H21N3O/c1-3-9-18-11-14-5-4-6-16(10-14)20-17(21)15-8-7-13(2)19-12-15/h4-8,10,12,18H,3,9,11H2,1-2H3,(H,20,21). The van der Waals surface area contributed by atoms with Gasteiger partial charge in [0.1, 0.15) is 0 Å². The highest BCUT2D eigenvalue weighted by Gasteiger charge is 2.06. The van der Waals surface area contributed by atoms with Gasteiger partial charge in [-0.2, -0.15) is 0 Å². The number of nitrogens with zero attached hydrogens (tertiary/aromatic N) is 1. The molecule has 1 amide bonds. The van der Waals surface area contributed by atoms with Crippen molar-refractivity contribution >= 4 is 11.6 Å². The second-order valence-electron chi connectivity index (χ2n) is 5.02. The quantitative estimate of drug-likeness (QED) is 0.801. The summed E-state index contributed by atoms with van der Waals surface area (Å²) in [7, 11) is 0. The predicted octanol–water partition coefficient (Wildman–Crippen LogP) is 3.14. The van der Waals surface area contributed by atoms with Crippen LogP contribution in [0.5, 0.6) is 0 Å². The largest absolute Gasteiger partial charge is 0.322 e. The van der Waals surface area contributed by atoms with Crippen LogP contribution in [0.15, 0.2) is 42.6 Å². The van der Waals surface area contributed by atoms with E-state index in [1.807, 2.05) is 37.3 Å². The van der Waals surface area contributed by atoms with Gasteiger partial charge >= 0.3 is 0 Å². The van der Waals surface area contributed by atoms with E-state index in [0.29, 0.717) is 5.56 Å². The van der Waals surface area contributed by atoms with Crippen molar-refractivity contribution in [1.29, 1.82) is 0 Å². The van der Waals surface area contributed by atoms with Crippen LogP contribution in [0.1, 0.15) is 35.0 Å². The number of carbonyl (C=O) groups excluding carboxylic acids is 1. The fourth-order valence-corrected chi connectivity index (χ4v) is 1.97. The predicted molar refractivity (Wildman–Crippen MR) is 85.4 cm³/mol. The Hall–Kier alpha value is -2.20. The molecule has 1 aromatic heterocycles. The third kappa shape index (κ3) is 4.68. The van der Waals surface area contributed by atoms with Gasteiger partial charge in [-0.3, -0.25) is 9.78 Å². The van der Waals surface area contributed by atoms with E-state index in [2.05, 4.69) is 22.5 Å². The first-order valence-electron chi connectivity index (χ1n) is 7.22. The number of benzene rings is 1. The van der Waals surface area contributed by atoms with Crippen molar-refractivity contribution in [3.63, 3.8) is 0 Å². The van der Waals surface area contributed by atoms with Gasteiger partial charge in [0.25, 0.3) is 5.91 Å². The number of aryl methyl sites for hydroxylation is 1. The minimum absolute atomic E-state index is 0.138. The summed E-state index contributed by atoms with van der Waals surface area (Å²) >= 11 is 0. The molecule has 4 heteroatoms. The highest BCUT2D eigenvalue weighted by molar-refractivity contribution is 6.04. The topological polar surface area (TPSA) is 54.0 Å². The van der Waals surface area contributed by atoms with Gasteiger partial charge in [0.05, 0.1) is 5.56 Å². The molecular formula is C17H21N3O. The van der Waals surface area contributed by atoms with Crippen molar-refractivity contribution in [3.8, 4) is 0 Å². The number of aromatic nitrogens is 1. The van der Waals surface area contributed by atoms with Crippen LogP contribution in [0.25, 0.3) is 0 Å². The number of carbonyl (C=O) groups is 1. The Kier molecular flexibility index (Phi) is 5.46. The van der Waals surface area contributed by atoms with Gasteiger partial charge in [-0.25, -0.2) is 0 Å². The molecule has 0 atom stereocenters. The number of nitrogens with one attached hydrogen (secondary N) is 2. The van der Waals surface area contributed by atoms with Gasteiger partial charge in [0.15, 0.2) is 0 Å². The van der Waals surface area contributed by atoms with Crippen molar-refractivity contribution in [1.82, 2.24) is 10.3 Å². The van der Waals surface area contributed by atoms with Gasteiger partial charge in [0.2, 0.25) is 0 Å². The molecule has 21 heavy (non-hydrogen) atoms. The summed E-state index contributed by atoms with van der Waals surface area (Å²) in [6.45, 7) is 5.84. The van der Waals surface area contributed by atoms with Crippen LogP contribution in [0.2, 0.25) is 0 Å². The van der Waals surface area contributed by atoms with E-state index in [-0.39, 0.29) is 5.91 Å². The van der Waals surface area contributed by atoms with E-state index in [1.165, 1.54) is 0 Å². The summed E-state index contributed by atoms with van der Waals surface area (Å²) < 4.78 is 0. The number of pyridine rings is 1. The van der Waals surface area contributed by atoms with Crippen LogP contribution in [0.3, 0.4) is 0 Å². The van der Waals surface area contributed by atoms with Crippen LogP contribution in [0, 0.1) is 6.92 Å². The Balaban J connectivity index is 2.00. The van der Waals surface area contributed by atoms with E-state index in [1.54, 1.807) is 12.3 Å². The van der Waals surface area contributed by atoms with Crippen LogP contribution in [-0.2, 0) is 6.54 Å². The molecule has 0 aliphatic carbocycles. The molecule has 2 rings (SSSR count). The summed E-state index contributed by atoms with van der Waals surface area (Å²) in [6.07, 6.45) is 2.70. The minimum Gasteiger partial charge on any atom is -0.322 e. The Morgan fingerprint density at radius 3 is 2.81 bits per heavy atom. The third-order valence-electron chi connectivity index (χ3n) is 3.11. The molecule has 0 aliphatic heterocycles. The van der Waals surface area contributed by atoms with Gasteiger partial charge in [-0.05, 0) is 49.7 Å². The number of rotatable bonds is 6. The molecule has 0 fully saturated rings. The molecule has 110 valence electrons. The average molecular weight is 283 g/mol. The lowest BCUT2D eigenvalue weighted by Gasteiger charge is -2.08. The first-order valence-corrected chi connectivity index (χ1v) is 7.22. The molecular weight excluding hydrogens is 262 g/mol. The van der Waals surface area contributed by atoms with Gasteiger partial charge in [-0.15, -0.1) is 0 Å². The average Bonchev–Trinajstić information content (AvgIpc) is 2.48. The minimum atomic E-state index is -0.138. The van der Waals surface area contributed by atoms with Crippen molar-refractivity contribution < 1.29 is 4.79 Å². The Morgan fingerprint density at radius 2 is 2.10 bits per heavy atom. The molecule has 4 nitrogen and oxygen atoms in total. The van der Waals surface area contributed by atoms with E-state index >= 15 is 0 Å². The lowest BCUT2D eigenvalue weighted by molar-refractivity contribution is 0.102. The molecule has 1 heterocycles. The highest BCUT2D eigenvalue weighted by Crippen LogP contribution is 2.12. The van der Waals surface area contributed by atoms with Gasteiger partial charge in [-0.1, -0.05) is 19.1 Å². The lowest BCUT2D eigenvalue weighted by atomic mass is 10.2. The summed E-state index contributed by atoms with van der Waals surface area (Å²) in [4.78, 5) is 16.3. The molecule has 0 spiro atoms. The first kappa shape index (κ1) is 15.2. The van der Waals surface area contributed by atoms with Crippen LogP contribution in [0.4, 0.5) is 5.69 Å². The number of hydrogen-bond donors (Lipinski definition) is 2. The van der Waals surface area contributed by atoms with E-state index in [4.69, 9.17) is 0 Å². The van der Waals surface area contributed by atoms with Crippen molar-refractivity contribution in [2.45, 2.75) is 26.8 Å². The number of amides is 1. The third-order valence-corrected chi connectivity index (χ3v) is 3.11. The van der Waals surface area contributed by atoms with E-state index < -0.39 is 0 Å². The maximum atomic E-state index is 12.1. The Morgan fingerprint density at radius 1 is 1.24 bits per heavy atom. The van der Waals surface area contributed by atoms with Gasteiger partial charge in [0, 0.05) is 24.1 Å². The second-order valence-corrected chi connectivity index (χ2v) is 5.02. The van der Waals surface area contributed by atoms with E-state index in [0.717, 1.165) is 36.5 Å². The summed E-state index contributed by atoms with van der Waals surface area (Å²) in [5, 5.41) is 6.25. The highest BCUT2D eigenvalue weighted by atomic mass is 16.1. The SMILES string of the molecule is CCCNCc1cccc(NC(=O)c2ccc(C)nc2)c1. The van der Waals surface area contributed by atoms with Gasteiger partial charge < -0.3 is 10.6 Å². The molecule has 2 N–H and O–H groups in total. The molecule has 0 unspecified atom stereocenters. The van der Waals surface area contributed by atoms with Crippen LogP contribution in [-0.4, -0.2) is 17.4 Å². The summed E-state index contributed by atoms with van der Waals surface area (Å²) in [5.41, 5.74) is 3.42. The zero-order valence-electron chi connectivity index (χ0n) is 12.5. The molecule has 0 saturated heterocycles. The zero-order valence-corrected chi connectivity index (χ0v) is 12.5. The lowest BCUT2D eigenvalue weighted by Crippen LogP contribution is -2.15. The maximum Gasteiger partial charge on any atom is 0.257 e. The van der Waals surface area contributed by atoms with Crippen molar-refractivity contribution in [3.05, 3.63) is 59.4 Å². The molecule has 1 aromatic carbocycles. The monoisotopic (exact) mass is 283 g/mol. The van der Waals surface area contributed by atoms with Crippen LogP contribution < -0.4 is 10.6 Å². The smallest absolute Gasteiger partial charge is 0.257 e. The molecule has 0 aliphatic rings. The van der Waals surface area contributed by atoms with Crippen molar-refractivity contribution in [2.75, 3.05) is 11.9 Å². The fourth-order valence-electron chi connectivity index (χ4n) is 1.97. The summed E-state index contributed by atoms with van der Waals surface area (Å²) in [5.74, 6) is -0.138. The first-order chi connectivity index (χ1) is 10.2. The maximum absolute atomic E-state index is 12.1. The molecule has 2 aromatic rings.